The maximum Gasteiger partial charge on any atom is 0.257 e. The van der Waals surface area contributed by atoms with Crippen LogP contribution in [0.3, 0.4) is 0 Å². The monoisotopic (exact) mass is 438 g/mol. The van der Waals surface area contributed by atoms with Gasteiger partial charge in [-0.25, -0.2) is 18.2 Å². The van der Waals surface area contributed by atoms with Crippen molar-refractivity contribution in [3.05, 3.63) is 22.3 Å². The molecule has 3 rings (SSSR count). The number of amides is 2. The molecule has 0 unspecified atom stereocenters. The first-order valence-corrected chi connectivity index (χ1v) is 8.60. The fraction of sp³-hybridized carbons (Fsp3) is 0.562. The van der Waals surface area contributed by atoms with Crippen molar-refractivity contribution < 1.29 is 31.6 Å². The predicted octanol–water partition coefficient (Wildman–Crippen LogP) is 2.18. The molecule has 0 spiro atoms. The summed E-state index contributed by atoms with van der Waals surface area (Å²) >= 11 is 3.11. The zero-order valence-electron chi connectivity index (χ0n) is 16.3. The largest absolute Gasteiger partial charge is 0.480 e. The molecular formula is C16H17BrF3N3O3. The first kappa shape index (κ1) is 15.2. The van der Waals surface area contributed by atoms with Gasteiger partial charge in [0.15, 0.2) is 0 Å². The van der Waals surface area contributed by atoms with E-state index in [4.69, 9.17) is 8.85 Å². The van der Waals surface area contributed by atoms with Crippen molar-refractivity contribution >= 4 is 27.7 Å². The highest BCUT2D eigenvalue weighted by molar-refractivity contribution is 9.10. The van der Waals surface area contributed by atoms with E-state index in [9.17, 15) is 22.8 Å². The van der Waals surface area contributed by atoms with Crippen molar-refractivity contribution in [2.45, 2.75) is 31.0 Å². The van der Waals surface area contributed by atoms with Crippen molar-refractivity contribution in [1.82, 2.24) is 15.2 Å². The topological polar surface area (TPSA) is 71.5 Å². The van der Waals surface area contributed by atoms with Gasteiger partial charge >= 0.3 is 0 Å². The van der Waals surface area contributed by atoms with Gasteiger partial charge in [-0.3, -0.25) is 9.59 Å². The van der Waals surface area contributed by atoms with Crippen molar-refractivity contribution in [2.24, 2.45) is 5.92 Å². The smallest absolute Gasteiger partial charge is 0.257 e. The molecule has 10 heteroatoms. The maximum absolute atomic E-state index is 14.4. The quantitative estimate of drug-likeness (QED) is 0.781. The Morgan fingerprint density at radius 1 is 1.46 bits per heavy atom. The summed E-state index contributed by atoms with van der Waals surface area (Å²) in [5, 5.41) is 2.39. The molecule has 0 bridgehead atoms. The van der Waals surface area contributed by atoms with Crippen molar-refractivity contribution in [1.29, 1.82) is 0 Å². The Hall–Kier alpha value is -1.84. The molecule has 0 radical (unpaired) electrons. The second-order valence-electron chi connectivity index (χ2n) is 6.41. The van der Waals surface area contributed by atoms with Crippen LogP contribution in [0.15, 0.2) is 16.7 Å². The summed E-state index contributed by atoms with van der Waals surface area (Å²) in [5.41, 5.74) is -0.230. The number of halogens is 4. The highest BCUT2D eigenvalue weighted by Crippen LogP contribution is 2.43. The minimum absolute atomic E-state index is 0.176. The molecule has 1 aliphatic carbocycles. The average Bonchev–Trinajstić information content (AvgIpc) is 2.93. The SMILES string of the molecule is [2H]C([2H])([2H])Oc1ncc(Br)cc1C(=O)N[C@@H]1CN(C(=O)C2CC(F)(F)C2)C[C@@H]1F. The van der Waals surface area contributed by atoms with Crippen LogP contribution >= 0.6 is 15.9 Å². The molecule has 1 N–H and O–H groups in total. The summed E-state index contributed by atoms with van der Waals surface area (Å²) in [4.78, 5) is 29.7. The number of aromatic nitrogens is 1. The van der Waals surface area contributed by atoms with Crippen LogP contribution in [0, 0.1) is 5.92 Å². The lowest BCUT2D eigenvalue weighted by atomic mass is 9.80. The van der Waals surface area contributed by atoms with Gasteiger partial charge < -0.3 is 15.0 Å². The number of likely N-dealkylation sites (tertiary alicyclic amines) is 1. The Balaban J connectivity index is 1.67. The van der Waals surface area contributed by atoms with Gasteiger partial charge in [0, 0.05) is 36.0 Å². The molecule has 1 aliphatic heterocycles. The summed E-state index contributed by atoms with van der Waals surface area (Å²) in [7, 11) is -2.85. The second kappa shape index (κ2) is 7.05. The molecule has 26 heavy (non-hydrogen) atoms. The highest BCUT2D eigenvalue weighted by Gasteiger charge is 2.51. The van der Waals surface area contributed by atoms with Crippen LogP contribution < -0.4 is 10.1 Å². The average molecular weight is 439 g/mol. The second-order valence-corrected chi connectivity index (χ2v) is 7.32. The highest BCUT2D eigenvalue weighted by atomic mass is 79.9. The molecule has 1 saturated carbocycles. The number of carbonyl (C=O) groups excluding carboxylic acids is 2. The van der Waals surface area contributed by atoms with E-state index in [1.54, 1.807) is 0 Å². The number of alkyl halides is 3. The molecule has 2 heterocycles. The number of hydrogen-bond acceptors (Lipinski definition) is 4. The summed E-state index contributed by atoms with van der Waals surface area (Å²) < 4.78 is 66.8. The van der Waals surface area contributed by atoms with E-state index in [0.717, 1.165) is 4.90 Å². The lowest BCUT2D eigenvalue weighted by Crippen LogP contribution is -2.47. The van der Waals surface area contributed by atoms with E-state index in [1.165, 1.54) is 12.3 Å². The molecule has 6 nitrogen and oxygen atoms in total. The number of nitrogens with zero attached hydrogens (tertiary/aromatic N) is 2. The number of nitrogens with one attached hydrogen (secondary N) is 1. The number of rotatable bonds is 4. The van der Waals surface area contributed by atoms with Crippen molar-refractivity contribution in [3.63, 3.8) is 0 Å². The van der Waals surface area contributed by atoms with Crippen LogP contribution in [0.2, 0.25) is 0 Å². The number of hydrogen-bond donors (Lipinski definition) is 1. The standard InChI is InChI=1S/C16H17BrF3N3O3/c1-26-14-10(2-9(17)5-21-14)13(24)22-12-7-23(6-11(12)18)15(25)8-3-16(19,20)4-8/h2,5,8,11-12H,3-4,6-7H2,1H3,(H,22,24)/t11-,12+/m0/s1/i1D3. The molecule has 2 amide bonds. The van der Waals surface area contributed by atoms with Crippen LogP contribution in [0.4, 0.5) is 13.2 Å². The van der Waals surface area contributed by atoms with Gasteiger partial charge in [-0.05, 0) is 22.0 Å². The Morgan fingerprint density at radius 3 is 2.85 bits per heavy atom. The zero-order chi connectivity index (χ0) is 21.6. The molecule has 1 saturated heterocycles. The minimum Gasteiger partial charge on any atom is -0.480 e. The Morgan fingerprint density at radius 2 is 2.19 bits per heavy atom. The number of methoxy groups -OCH3 is 1. The molecule has 2 aliphatic rings. The van der Waals surface area contributed by atoms with E-state index >= 15 is 0 Å². The third kappa shape index (κ3) is 3.79. The lowest BCUT2D eigenvalue weighted by molar-refractivity contribution is -0.159. The van der Waals surface area contributed by atoms with Gasteiger partial charge in [0.25, 0.3) is 5.91 Å². The summed E-state index contributed by atoms with van der Waals surface area (Å²) in [5.74, 6) is -5.57. The van der Waals surface area contributed by atoms with E-state index in [2.05, 4.69) is 26.2 Å². The van der Waals surface area contributed by atoms with Crippen LogP contribution in [-0.4, -0.2) is 60.0 Å². The van der Waals surface area contributed by atoms with Crippen LogP contribution in [-0.2, 0) is 4.79 Å². The predicted molar refractivity (Wildman–Crippen MR) is 88.9 cm³/mol. The molecule has 1 aromatic heterocycles. The van der Waals surface area contributed by atoms with Crippen molar-refractivity contribution in [3.8, 4) is 5.88 Å². The molecular weight excluding hydrogens is 419 g/mol. The first-order chi connectivity index (χ1) is 13.3. The van der Waals surface area contributed by atoms with Gasteiger partial charge in [-0.1, -0.05) is 0 Å². The van der Waals surface area contributed by atoms with E-state index < -0.39 is 61.6 Å². The molecule has 2 atom stereocenters. The number of pyridine rings is 1. The molecule has 142 valence electrons. The number of carbonyl (C=O) groups is 2. The zero-order valence-corrected chi connectivity index (χ0v) is 14.9. The van der Waals surface area contributed by atoms with E-state index in [1.807, 2.05) is 0 Å². The molecule has 0 aromatic carbocycles. The Kier molecular flexibility index (Phi) is 4.13. The fourth-order valence-electron chi connectivity index (χ4n) is 3.09. The Bertz CT molecular complexity index is 820. The van der Waals surface area contributed by atoms with Crippen molar-refractivity contribution in [2.75, 3.05) is 20.1 Å². The summed E-state index contributed by atoms with van der Waals surface area (Å²) in [6, 6.07) is 0.192. The van der Waals surface area contributed by atoms with Crippen LogP contribution in [0.1, 0.15) is 27.3 Å². The Labute approximate surface area is 160 Å². The van der Waals surface area contributed by atoms with Gasteiger partial charge in [0.2, 0.25) is 17.7 Å². The lowest BCUT2D eigenvalue weighted by Gasteiger charge is -2.36. The van der Waals surface area contributed by atoms with Gasteiger partial charge in [-0.2, -0.15) is 0 Å². The fourth-order valence-corrected chi connectivity index (χ4v) is 3.42. The van der Waals surface area contributed by atoms with Gasteiger partial charge in [0.1, 0.15) is 11.7 Å². The van der Waals surface area contributed by atoms with Crippen LogP contribution in [0.5, 0.6) is 5.88 Å². The number of ether oxygens (including phenoxy) is 1. The molecule has 2 fully saturated rings. The molecule has 1 aromatic rings. The summed E-state index contributed by atoms with van der Waals surface area (Å²) in [6.45, 7) is -0.494. The maximum atomic E-state index is 14.4. The first-order valence-electron chi connectivity index (χ1n) is 9.31. The normalized spacial score (nSPS) is 27.1. The van der Waals surface area contributed by atoms with Crippen LogP contribution in [0.25, 0.3) is 0 Å². The van der Waals surface area contributed by atoms with Gasteiger partial charge in [0.05, 0.1) is 23.7 Å². The third-order valence-corrected chi connectivity index (χ3v) is 4.91. The third-order valence-electron chi connectivity index (χ3n) is 4.48. The van der Waals surface area contributed by atoms with E-state index in [-0.39, 0.29) is 18.7 Å². The minimum atomic E-state index is -2.87. The van der Waals surface area contributed by atoms with Gasteiger partial charge in [-0.15, -0.1) is 0 Å². The van der Waals surface area contributed by atoms with E-state index in [0.29, 0.717) is 4.47 Å². The summed E-state index contributed by atoms with van der Waals surface area (Å²) in [6.07, 6.45) is -1.48.